The third kappa shape index (κ3) is 8.36. The lowest BCUT2D eigenvalue weighted by atomic mass is 10.1. The molecule has 1 aromatic rings. The summed E-state index contributed by atoms with van der Waals surface area (Å²) in [5, 5.41) is 14.3. The van der Waals surface area contributed by atoms with E-state index in [1.165, 1.54) is 12.1 Å². The number of rotatable bonds is 4. The molecule has 0 spiro atoms. The normalized spacial score (nSPS) is 11.5. The van der Waals surface area contributed by atoms with Gasteiger partial charge < -0.3 is 19.9 Å². The maximum absolute atomic E-state index is 11.9. The number of nitrogens with one attached hydrogen (secondary N) is 2. The standard InChI is InChI=1S/C18H26N2O6/c1-17(2,3)25-15(23)19-10-11-7-12(14(21)22)9-13(8-11)20-16(24)26-18(4,5)6/h7-9H,10H2,1-6H3,(H,19,23)(H,20,24)(H,21,22). The van der Waals surface area contributed by atoms with Gasteiger partial charge in [-0.15, -0.1) is 0 Å². The van der Waals surface area contributed by atoms with Gasteiger partial charge >= 0.3 is 18.2 Å². The van der Waals surface area contributed by atoms with Crippen LogP contribution in [0, 0.1) is 0 Å². The number of carbonyl (C=O) groups excluding carboxylic acids is 2. The maximum atomic E-state index is 11.9. The molecule has 0 saturated carbocycles. The van der Waals surface area contributed by atoms with E-state index in [1.54, 1.807) is 47.6 Å². The Morgan fingerprint density at radius 2 is 1.46 bits per heavy atom. The van der Waals surface area contributed by atoms with E-state index in [-0.39, 0.29) is 17.8 Å². The minimum absolute atomic E-state index is 0.0282. The Morgan fingerprint density at radius 1 is 0.923 bits per heavy atom. The van der Waals surface area contributed by atoms with Crippen LogP contribution in [0.15, 0.2) is 18.2 Å². The first-order chi connectivity index (χ1) is 11.7. The summed E-state index contributed by atoms with van der Waals surface area (Å²) in [6, 6.07) is 4.26. The Bertz CT molecular complexity index is 686. The summed E-state index contributed by atoms with van der Waals surface area (Å²) in [5.41, 5.74) is -0.618. The van der Waals surface area contributed by atoms with Crippen molar-refractivity contribution in [3.05, 3.63) is 29.3 Å². The fraction of sp³-hybridized carbons (Fsp3) is 0.500. The lowest BCUT2D eigenvalue weighted by molar-refractivity contribution is 0.0522. The SMILES string of the molecule is CC(C)(C)OC(=O)NCc1cc(NC(=O)OC(C)(C)C)cc(C(=O)O)c1. The first-order valence-corrected chi connectivity index (χ1v) is 8.09. The highest BCUT2D eigenvalue weighted by molar-refractivity contribution is 5.92. The van der Waals surface area contributed by atoms with Crippen LogP contribution >= 0.6 is 0 Å². The predicted molar refractivity (Wildman–Crippen MR) is 96.3 cm³/mol. The minimum atomic E-state index is -1.16. The first-order valence-electron chi connectivity index (χ1n) is 8.09. The molecule has 0 aliphatic heterocycles. The number of carbonyl (C=O) groups is 3. The first kappa shape index (κ1) is 21.3. The van der Waals surface area contributed by atoms with Crippen molar-refractivity contribution < 1.29 is 29.0 Å². The van der Waals surface area contributed by atoms with E-state index in [0.717, 1.165) is 0 Å². The second-order valence-corrected chi connectivity index (χ2v) is 7.71. The highest BCUT2D eigenvalue weighted by Gasteiger charge is 2.18. The second-order valence-electron chi connectivity index (χ2n) is 7.71. The molecule has 144 valence electrons. The van der Waals surface area contributed by atoms with E-state index < -0.39 is 29.4 Å². The van der Waals surface area contributed by atoms with Crippen LogP contribution in [0.1, 0.15) is 57.5 Å². The van der Waals surface area contributed by atoms with Crippen LogP contribution in [-0.4, -0.2) is 34.5 Å². The van der Waals surface area contributed by atoms with E-state index in [0.29, 0.717) is 5.56 Å². The van der Waals surface area contributed by atoms with Crippen molar-refractivity contribution in [2.24, 2.45) is 0 Å². The average Bonchev–Trinajstić information content (AvgIpc) is 2.40. The van der Waals surface area contributed by atoms with Crippen LogP contribution in [0.5, 0.6) is 0 Å². The number of ether oxygens (including phenoxy) is 2. The van der Waals surface area contributed by atoms with Gasteiger partial charge in [-0.3, -0.25) is 5.32 Å². The molecule has 1 aromatic carbocycles. The van der Waals surface area contributed by atoms with Crippen LogP contribution in [0.2, 0.25) is 0 Å². The van der Waals surface area contributed by atoms with Crippen LogP contribution in [0.3, 0.4) is 0 Å². The summed E-state index contributed by atoms with van der Waals surface area (Å²) in [5.74, 6) is -1.16. The highest BCUT2D eigenvalue weighted by Crippen LogP contribution is 2.17. The summed E-state index contributed by atoms with van der Waals surface area (Å²) in [4.78, 5) is 34.9. The fourth-order valence-electron chi connectivity index (χ4n) is 1.90. The Morgan fingerprint density at radius 3 is 1.96 bits per heavy atom. The predicted octanol–water partition coefficient (Wildman–Crippen LogP) is 3.76. The molecule has 0 aliphatic rings. The molecule has 8 heteroatoms. The monoisotopic (exact) mass is 366 g/mol. The summed E-state index contributed by atoms with van der Waals surface area (Å²) in [6.07, 6.45) is -1.33. The molecule has 0 aromatic heterocycles. The molecule has 0 saturated heterocycles. The average molecular weight is 366 g/mol. The number of hydrogen-bond donors (Lipinski definition) is 3. The lowest BCUT2D eigenvalue weighted by Crippen LogP contribution is -2.32. The highest BCUT2D eigenvalue weighted by atomic mass is 16.6. The summed E-state index contributed by atoms with van der Waals surface area (Å²) < 4.78 is 10.3. The zero-order valence-electron chi connectivity index (χ0n) is 15.9. The van der Waals surface area contributed by atoms with E-state index in [2.05, 4.69) is 10.6 Å². The Hall–Kier alpha value is -2.77. The Kier molecular flexibility index (Phi) is 6.60. The number of aromatic carboxylic acids is 1. The largest absolute Gasteiger partial charge is 0.478 e. The van der Waals surface area contributed by atoms with Crippen molar-refractivity contribution in [3.63, 3.8) is 0 Å². The maximum Gasteiger partial charge on any atom is 0.412 e. The molecule has 0 heterocycles. The lowest BCUT2D eigenvalue weighted by Gasteiger charge is -2.20. The molecule has 26 heavy (non-hydrogen) atoms. The van der Waals surface area contributed by atoms with E-state index >= 15 is 0 Å². The number of amides is 2. The molecule has 0 atom stereocenters. The van der Waals surface area contributed by atoms with Gasteiger partial charge in [-0.25, -0.2) is 14.4 Å². The van der Waals surface area contributed by atoms with E-state index in [9.17, 15) is 19.5 Å². The molecule has 3 N–H and O–H groups in total. The van der Waals surface area contributed by atoms with Crippen molar-refractivity contribution in [3.8, 4) is 0 Å². The van der Waals surface area contributed by atoms with Crippen molar-refractivity contribution in [2.75, 3.05) is 5.32 Å². The summed E-state index contributed by atoms with van der Waals surface area (Å²) >= 11 is 0. The number of carboxylic acids is 1. The van der Waals surface area contributed by atoms with Crippen LogP contribution in [0.4, 0.5) is 15.3 Å². The zero-order valence-corrected chi connectivity index (χ0v) is 15.9. The van der Waals surface area contributed by atoms with Gasteiger partial charge in [0.2, 0.25) is 0 Å². The molecule has 0 unspecified atom stereocenters. The van der Waals surface area contributed by atoms with Crippen molar-refractivity contribution in [1.82, 2.24) is 5.32 Å². The van der Waals surface area contributed by atoms with Crippen molar-refractivity contribution >= 4 is 23.8 Å². The summed E-state index contributed by atoms with van der Waals surface area (Å²) in [7, 11) is 0. The van der Waals surface area contributed by atoms with Crippen molar-refractivity contribution in [1.29, 1.82) is 0 Å². The number of anilines is 1. The molecule has 2 amide bonds. The topological polar surface area (TPSA) is 114 Å². The molecule has 0 aliphatic carbocycles. The smallest absolute Gasteiger partial charge is 0.412 e. The molecule has 8 nitrogen and oxygen atoms in total. The van der Waals surface area contributed by atoms with Gasteiger partial charge in [0.25, 0.3) is 0 Å². The van der Waals surface area contributed by atoms with Crippen LogP contribution in [0.25, 0.3) is 0 Å². The number of hydrogen-bond acceptors (Lipinski definition) is 5. The van der Waals surface area contributed by atoms with Crippen LogP contribution < -0.4 is 10.6 Å². The van der Waals surface area contributed by atoms with Gasteiger partial charge in [0.05, 0.1) is 5.56 Å². The Balaban J connectivity index is 2.89. The van der Waals surface area contributed by atoms with E-state index in [4.69, 9.17) is 9.47 Å². The fourth-order valence-corrected chi connectivity index (χ4v) is 1.90. The van der Waals surface area contributed by atoms with Crippen LogP contribution in [-0.2, 0) is 16.0 Å². The molecule has 0 radical (unpaired) electrons. The molecule has 0 fully saturated rings. The molecular formula is C18H26N2O6. The number of carboxylic acid groups (broad SMARTS) is 1. The molecular weight excluding hydrogens is 340 g/mol. The molecule has 1 rings (SSSR count). The van der Waals surface area contributed by atoms with E-state index in [1.807, 2.05) is 0 Å². The minimum Gasteiger partial charge on any atom is -0.478 e. The second kappa shape index (κ2) is 8.07. The van der Waals surface area contributed by atoms with Gasteiger partial charge in [-0.05, 0) is 65.3 Å². The third-order valence-electron chi connectivity index (χ3n) is 2.72. The zero-order chi connectivity index (χ0) is 20.1. The van der Waals surface area contributed by atoms with Gasteiger partial charge in [0, 0.05) is 12.2 Å². The quantitative estimate of drug-likeness (QED) is 0.747. The Labute approximate surface area is 152 Å². The number of benzene rings is 1. The summed E-state index contributed by atoms with van der Waals surface area (Å²) in [6.45, 7) is 10.4. The van der Waals surface area contributed by atoms with Gasteiger partial charge in [0.1, 0.15) is 11.2 Å². The molecule has 0 bridgehead atoms. The van der Waals surface area contributed by atoms with Gasteiger partial charge in [0.15, 0.2) is 0 Å². The third-order valence-corrected chi connectivity index (χ3v) is 2.72. The number of alkyl carbamates (subject to hydrolysis) is 1. The van der Waals surface area contributed by atoms with Crippen molar-refractivity contribution in [2.45, 2.75) is 59.3 Å². The van der Waals surface area contributed by atoms with Gasteiger partial charge in [-0.1, -0.05) is 0 Å². The van der Waals surface area contributed by atoms with Gasteiger partial charge in [-0.2, -0.15) is 0 Å².